The van der Waals surface area contributed by atoms with Gasteiger partial charge in [-0.2, -0.15) is 4.31 Å². The minimum atomic E-state index is -3.96. The zero-order valence-electron chi connectivity index (χ0n) is 11.2. The summed E-state index contributed by atoms with van der Waals surface area (Å²) >= 11 is 5.85. The van der Waals surface area contributed by atoms with E-state index in [0.717, 1.165) is 10.4 Å². The number of hydrogen-bond acceptors (Lipinski definition) is 5. The summed E-state index contributed by atoms with van der Waals surface area (Å²) in [6.07, 6.45) is 0. The molecule has 1 atom stereocenters. The number of aliphatic hydroxyl groups is 1. The van der Waals surface area contributed by atoms with Gasteiger partial charge in [-0.3, -0.25) is 10.1 Å². The van der Waals surface area contributed by atoms with E-state index >= 15 is 0 Å². The van der Waals surface area contributed by atoms with E-state index in [4.69, 9.17) is 16.7 Å². The van der Waals surface area contributed by atoms with Gasteiger partial charge in [0.05, 0.1) is 21.4 Å². The van der Waals surface area contributed by atoms with Gasteiger partial charge in [0.2, 0.25) is 10.0 Å². The number of benzene rings is 1. The monoisotopic (exact) mass is 322 g/mol. The lowest BCUT2D eigenvalue weighted by Gasteiger charge is -2.22. The molecule has 0 fully saturated rings. The maximum absolute atomic E-state index is 12.3. The zero-order valence-corrected chi connectivity index (χ0v) is 12.8. The molecule has 1 aromatic rings. The Morgan fingerprint density at radius 2 is 2.05 bits per heavy atom. The van der Waals surface area contributed by atoms with E-state index in [1.54, 1.807) is 0 Å². The summed E-state index contributed by atoms with van der Waals surface area (Å²) in [5.74, 6) is 0. The third-order valence-electron chi connectivity index (χ3n) is 3.05. The standard InChI is InChI=1S/C11H15ClN2O5S/c1-7(6-15)13(3)20(18,19)9-4-10(12)8(2)11(5-9)14(16)17/h4-5,7,15H,6H2,1-3H3. The number of rotatable bonds is 5. The van der Waals surface area contributed by atoms with Gasteiger partial charge in [0.1, 0.15) is 0 Å². The number of nitro groups is 1. The van der Waals surface area contributed by atoms with Crippen LogP contribution in [0.4, 0.5) is 5.69 Å². The number of aliphatic hydroxyl groups excluding tert-OH is 1. The van der Waals surface area contributed by atoms with Crippen LogP contribution in [0.2, 0.25) is 5.02 Å². The largest absolute Gasteiger partial charge is 0.395 e. The van der Waals surface area contributed by atoms with Gasteiger partial charge in [-0.05, 0) is 19.9 Å². The molecule has 0 saturated carbocycles. The summed E-state index contributed by atoms with van der Waals surface area (Å²) in [4.78, 5) is 9.95. The Balaban J connectivity index is 3.44. The molecular formula is C11H15ClN2O5S. The number of likely N-dealkylation sites (N-methyl/N-ethyl adjacent to an activating group) is 1. The van der Waals surface area contributed by atoms with Gasteiger partial charge < -0.3 is 5.11 Å². The molecule has 0 heterocycles. The lowest BCUT2D eigenvalue weighted by molar-refractivity contribution is -0.385. The molecule has 0 aliphatic heterocycles. The zero-order chi connectivity index (χ0) is 15.7. The maximum atomic E-state index is 12.3. The first kappa shape index (κ1) is 16.8. The molecule has 0 amide bonds. The summed E-state index contributed by atoms with van der Waals surface area (Å²) < 4.78 is 25.6. The summed E-state index contributed by atoms with van der Waals surface area (Å²) in [6.45, 7) is 2.59. The molecular weight excluding hydrogens is 308 g/mol. The quantitative estimate of drug-likeness (QED) is 0.655. The summed E-state index contributed by atoms with van der Waals surface area (Å²) in [7, 11) is -2.67. The molecule has 0 spiro atoms. The fraction of sp³-hybridized carbons (Fsp3) is 0.455. The highest BCUT2D eigenvalue weighted by atomic mass is 35.5. The van der Waals surface area contributed by atoms with Crippen LogP contribution in [0.1, 0.15) is 12.5 Å². The van der Waals surface area contributed by atoms with Crippen molar-refractivity contribution in [1.82, 2.24) is 4.31 Å². The van der Waals surface area contributed by atoms with E-state index in [9.17, 15) is 18.5 Å². The highest BCUT2D eigenvalue weighted by Gasteiger charge is 2.28. The van der Waals surface area contributed by atoms with Crippen molar-refractivity contribution in [2.24, 2.45) is 0 Å². The molecule has 112 valence electrons. The normalized spacial score (nSPS) is 13.5. The molecule has 1 N–H and O–H groups in total. The fourth-order valence-electron chi connectivity index (χ4n) is 1.50. The molecule has 7 nitrogen and oxygen atoms in total. The number of halogens is 1. The molecule has 1 unspecified atom stereocenters. The predicted molar refractivity (Wildman–Crippen MR) is 74.3 cm³/mol. The first-order chi connectivity index (χ1) is 9.12. The van der Waals surface area contributed by atoms with E-state index in [1.807, 2.05) is 0 Å². The SMILES string of the molecule is Cc1c(Cl)cc(S(=O)(=O)N(C)C(C)CO)cc1[N+](=O)[O-]. The van der Waals surface area contributed by atoms with Gasteiger partial charge in [0, 0.05) is 24.7 Å². The van der Waals surface area contributed by atoms with Crippen molar-refractivity contribution in [3.8, 4) is 0 Å². The average Bonchev–Trinajstić information content (AvgIpc) is 2.39. The van der Waals surface area contributed by atoms with Crippen LogP contribution in [-0.2, 0) is 10.0 Å². The van der Waals surface area contributed by atoms with E-state index < -0.39 is 21.0 Å². The number of hydrogen-bond donors (Lipinski definition) is 1. The average molecular weight is 323 g/mol. The van der Waals surface area contributed by atoms with Crippen LogP contribution in [0.15, 0.2) is 17.0 Å². The van der Waals surface area contributed by atoms with Crippen molar-refractivity contribution >= 4 is 27.3 Å². The molecule has 0 aliphatic rings. The Morgan fingerprint density at radius 1 is 1.50 bits per heavy atom. The van der Waals surface area contributed by atoms with E-state index in [2.05, 4.69) is 0 Å². The molecule has 0 radical (unpaired) electrons. The predicted octanol–water partition coefficient (Wildman–Crippen LogP) is 1.56. The summed E-state index contributed by atoms with van der Waals surface area (Å²) in [5.41, 5.74) is -0.158. The van der Waals surface area contributed by atoms with E-state index in [-0.39, 0.29) is 27.8 Å². The van der Waals surface area contributed by atoms with E-state index in [0.29, 0.717) is 0 Å². The van der Waals surface area contributed by atoms with Crippen LogP contribution in [0, 0.1) is 17.0 Å². The van der Waals surface area contributed by atoms with Crippen molar-refractivity contribution < 1.29 is 18.4 Å². The van der Waals surface area contributed by atoms with Crippen molar-refractivity contribution in [2.45, 2.75) is 24.8 Å². The molecule has 0 bridgehead atoms. The van der Waals surface area contributed by atoms with Crippen molar-refractivity contribution in [3.05, 3.63) is 32.8 Å². The van der Waals surface area contributed by atoms with Gasteiger partial charge >= 0.3 is 0 Å². The van der Waals surface area contributed by atoms with Crippen LogP contribution in [0.5, 0.6) is 0 Å². The van der Waals surface area contributed by atoms with Crippen molar-refractivity contribution in [1.29, 1.82) is 0 Å². The first-order valence-electron chi connectivity index (χ1n) is 5.66. The van der Waals surface area contributed by atoms with Gasteiger partial charge in [0.25, 0.3) is 5.69 Å². The Kier molecular flexibility index (Phi) is 5.09. The second kappa shape index (κ2) is 6.04. The van der Waals surface area contributed by atoms with Crippen LogP contribution >= 0.6 is 11.6 Å². The second-order valence-corrected chi connectivity index (χ2v) is 6.76. The molecule has 0 saturated heterocycles. The van der Waals surface area contributed by atoms with Gasteiger partial charge in [-0.15, -0.1) is 0 Å². The Labute approximate surface area is 122 Å². The van der Waals surface area contributed by atoms with Crippen LogP contribution < -0.4 is 0 Å². The fourth-order valence-corrected chi connectivity index (χ4v) is 3.18. The Morgan fingerprint density at radius 3 is 2.50 bits per heavy atom. The topological polar surface area (TPSA) is 101 Å². The third-order valence-corrected chi connectivity index (χ3v) is 5.39. The second-order valence-electron chi connectivity index (χ2n) is 4.36. The van der Waals surface area contributed by atoms with Crippen molar-refractivity contribution in [3.63, 3.8) is 0 Å². The number of nitro benzene ring substituents is 1. The van der Waals surface area contributed by atoms with Gasteiger partial charge in [0.15, 0.2) is 0 Å². The van der Waals surface area contributed by atoms with Crippen LogP contribution in [-0.4, -0.2) is 42.4 Å². The highest BCUT2D eigenvalue weighted by Crippen LogP contribution is 2.30. The third kappa shape index (κ3) is 3.09. The molecule has 9 heteroatoms. The molecule has 0 aliphatic carbocycles. The summed E-state index contributed by atoms with van der Waals surface area (Å²) in [5, 5.41) is 19.9. The Bertz CT molecular complexity index is 632. The van der Waals surface area contributed by atoms with Crippen LogP contribution in [0.3, 0.4) is 0 Å². The lowest BCUT2D eigenvalue weighted by atomic mass is 10.2. The summed E-state index contributed by atoms with van der Waals surface area (Å²) in [6, 6.07) is 1.48. The van der Waals surface area contributed by atoms with Crippen molar-refractivity contribution in [2.75, 3.05) is 13.7 Å². The highest BCUT2D eigenvalue weighted by molar-refractivity contribution is 7.89. The molecule has 0 aromatic heterocycles. The molecule has 1 rings (SSSR count). The smallest absolute Gasteiger partial charge is 0.275 e. The van der Waals surface area contributed by atoms with Gasteiger partial charge in [-0.25, -0.2) is 8.42 Å². The number of sulfonamides is 1. The maximum Gasteiger partial charge on any atom is 0.275 e. The minimum absolute atomic E-state index is 0.00262. The molecule has 1 aromatic carbocycles. The van der Waals surface area contributed by atoms with Gasteiger partial charge in [-0.1, -0.05) is 11.6 Å². The lowest BCUT2D eigenvalue weighted by Crippen LogP contribution is -2.37. The molecule has 20 heavy (non-hydrogen) atoms. The first-order valence-corrected chi connectivity index (χ1v) is 7.48. The van der Waals surface area contributed by atoms with E-state index in [1.165, 1.54) is 27.0 Å². The number of nitrogens with zero attached hydrogens (tertiary/aromatic N) is 2. The van der Waals surface area contributed by atoms with Crippen LogP contribution in [0.25, 0.3) is 0 Å². The minimum Gasteiger partial charge on any atom is -0.395 e. The Hall–Kier alpha value is -1.22.